The highest BCUT2D eigenvalue weighted by Crippen LogP contribution is 2.46. The molecule has 0 aliphatic heterocycles. The largest absolute Gasteiger partial charge is 0.490 e. The number of carbonyl (C=O) groups is 2. The second-order valence-corrected chi connectivity index (χ2v) is 9.20. The highest BCUT2D eigenvalue weighted by molar-refractivity contribution is 5.78. The molecule has 0 saturated heterocycles. The summed E-state index contributed by atoms with van der Waals surface area (Å²) in [5.74, 6) is -1.28. The maximum Gasteiger partial charge on any atom is 0.490 e. The van der Waals surface area contributed by atoms with Gasteiger partial charge in [0.15, 0.2) is 0 Å². The van der Waals surface area contributed by atoms with Crippen LogP contribution in [-0.2, 0) is 9.59 Å². The first-order valence-corrected chi connectivity index (χ1v) is 10.7. The van der Waals surface area contributed by atoms with E-state index in [0.29, 0.717) is 24.2 Å². The predicted octanol–water partition coefficient (Wildman–Crippen LogP) is 5.16. The molecule has 2 rings (SSSR count). The molecule has 0 bridgehead atoms. The Morgan fingerprint density at radius 2 is 1.56 bits per heavy atom. The molecule has 4 N–H and O–H groups in total. The van der Waals surface area contributed by atoms with Gasteiger partial charge in [-0.15, -0.1) is 0 Å². The van der Waals surface area contributed by atoms with Gasteiger partial charge in [0.25, 0.3) is 0 Å². The van der Waals surface area contributed by atoms with E-state index in [2.05, 4.69) is 39.0 Å². The number of hydrogen-bond donors (Lipinski definition) is 3. The lowest BCUT2D eigenvalue weighted by Crippen LogP contribution is -2.53. The Morgan fingerprint density at radius 3 is 1.94 bits per heavy atom. The van der Waals surface area contributed by atoms with Crippen molar-refractivity contribution >= 4 is 11.9 Å². The molecule has 0 aromatic heterocycles. The monoisotopic (exact) mass is 461 g/mol. The summed E-state index contributed by atoms with van der Waals surface area (Å²) in [6, 6.07) is 6.27. The molecule has 32 heavy (non-hydrogen) atoms. The van der Waals surface area contributed by atoms with Crippen LogP contribution in [0.15, 0.2) is 18.2 Å². The summed E-state index contributed by atoms with van der Waals surface area (Å²) in [5.41, 5.74) is 7.14. The fourth-order valence-corrected chi connectivity index (χ4v) is 3.54. The smallest absolute Gasteiger partial charge is 0.490 e. The topological polar surface area (TPSA) is 110 Å². The molecule has 182 valence electrons. The maximum atomic E-state index is 11.7. The number of hydrogen-bond acceptors (Lipinski definition) is 4. The molecule has 1 saturated carbocycles. The van der Waals surface area contributed by atoms with Crippen LogP contribution in [0.25, 0.3) is 0 Å². The van der Waals surface area contributed by atoms with Crippen molar-refractivity contribution in [1.29, 1.82) is 0 Å². The Morgan fingerprint density at radius 1 is 1.06 bits per heavy atom. The van der Waals surface area contributed by atoms with Gasteiger partial charge in [0.2, 0.25) is 0 Å². The summed E-state index contributed by atoms with van der Waals surface area (Å²) >= 11 is 0. The third-order valence-electron chi connectivity index (χ3n) is 5.43. The SMILES string of the molecule is CC(C)C[C@](N)(COc1c(C(C)C)cccc1[C@H](C)C1CC1)C(=O)O.O=C(O)C(F)(F)F. The minimum absolute atomic E-state index is 0.00532. The van der Waals surface area contributed by atoms with Crippen LogP contribution in [0.1, 0.15) is 76.8 Å². The number of rotatable bonds is 9. The lowest BCUT2D eigenvalue weighted by molar-refractivity contribution is -0.192. The molecule has 9 heteroatoms. The molecule has 0 amide bonds. The van der Waals surface area contributed by atoms with Gasteiger partial charge in [0, 0.05) is 0 Å². The Hall–Kier alpha value is -2.29. The highest BCUT2D eigenvalue weighted by atomic mass is 19.4. The predicted molar refractivity (Wildman–Crippen MR) is 115 cm³/mol. The van der Waals surface area contributed by atoms with Gasteiger partial charge in [-0.1, -0.05) is 52.8 Å². The van der Waals surface area contributed by atoms with Crippen LogP contribution in [-0.4, -0.2) is 40.5 Å². The van der Waals surface area contributed by atoms with Crippen LogP contribution < -0.4 is 10.5 Å². The average Bonchev–Trinajstić information content (AvgIpc) is 3.49. The van der Waals surface area contributed by atoms with Gasteiger partial charge in [-0.3, -0.25) is 4.79 Å². The van der Waals surface area contributed by atoms with Crippen molar-refractivity contribution < 1.29 is 37.7 Å². The summed E-state index contributed by atoms with van der Waals surface area (Å²) in [4.78, 5) is 20.6. The van der Waals surface area contributed by atoms with Gasteiger partial charge >= 0.3 is 18.1 Å². The molecule has 6 nitrogen and oxygen atoms in total. The molecule has 1 aromatic rings. The fraction of sp³-hybridized carbons (Fsp3) is 0.652. The van der Waals surface area contributed by atoms with Crippen LogP contribution >= 0.6 is 0 Å². The van der Waals surface area contributed by atoms with Crippen molar-refractivity contribution in [3.8, 4) is 5.75 Å². The van der Waals surface area contributed by atoms with Crippen LogP contribution in [0.4, 0.5) is 13.2 Å². The van der Waals surface area contributed by atoms with E-state index in [1.54, 1.807) is 0 Å². The number of para-hydroxylation sites is 1. The summed E-state index contributed by atoms with van der Waals surface area (Å²) in [5, 5.41) is 16.7. The quantitative estimate of drug-likeness (QED) is 0.468. The highest BCUT2D eigenvalue weighted by Gasteiger charge is 2.38. The number of carboxylic acids is 2. The van der Waals surface area contributed by atoms with E-state index in [9.17, 15) is 23.1 Å². The van der Waals surface area contributed by atoms with E-state index in [4.69, 9.17) is 20.4 Å². The van der Waals surface area contributed by atoms with E-state index in [-0.39, 0.29) is 12.5 Å². The number of nitrogens with two attached hydrogens (primary N) is 1. The average molecular weight is 462 g/mol. The van der Waals surface area contributed by atoms with Gasteiger partial charge in [-0.05, 0) is 54.1 Å². The Kier molecular flexibility index (Phi) is 9.56. The Bertz CT molecular complexity index is 790. The van der Waals surface area contributed by atoms with Crippen LogP contribution in [0.3, 0.4) is 0 Å². The number of carboxylic acid groups (broad SMARTS) is 2. The van der Waals surface area contributed by atoms with E-state index in [1.165, 1.54) is 18.4 Å². The third-order valence-corrected chi connectivity index (χ3v) is 5.43. The van der Waals surface area contributed by atoms with Gasteiger partial charge < -0.3 is 20.7 Å². The molecule has 0 heterocycles. The number of aliphatic carboxylic acids is 2. The first-order valence-electron chi connectivity index (χ1n) is 10.7. The molecule has 1 aliphatic rings. The van der Waals surface area contributed by atoms with Crippen LogP contribution in [0, 0.1) is 11.8 Å². The molecule has 1 aromatic carbocycles. The van der Waals surface area contributed by atoms with Gasteiger partial charge in [0.1, 0.15) is 17.9 Å². The van der Waals surface area contributed by atoms with Crippen LogP contribution in [0.2, 0.25) is 0 Å². The van der Waals surface area contributed by atoms with Crippen molar-refractivity contribution in [1.82, 2.24) is 0 Å². The lowest BCUT2D eigenvalue weighted by atomic mass is 9.89. The van der Waals surface area contributed by atoms with Crippen molar-refractivity contribution in [3.63, 3.8) is 0 Å². The van der Waals surface area contributed by atoms with Crippen LogP contribution in [0.5, 0.6) is 5.75 Å². The van der Waals surface area contributed by atoms with Crippen molar-refractivity contribution in [2.24, 2.45) is 17.6 Å². The first-order chi connectivity index (χ1) is 14.6. The Balaban J connectivity index is 0.000000633. The van der Waals surface area contributed by atoms with Crippen molar-refractivity contribution in [3.05, 3.63) is 29.3 Å². The molecule has 1 aliphatic carbocycles. The van der Waals surface area contributed by atoms with Gasteiger partial charge in [0.05, 0.1) is 0 Å². The first kappa shape index (κ1) is 27.7. The lowest BCUT2D eigenvalue weighted by Gasteiger charge is -2.29. The summed E-state index contributed by atoms with van der Waals surface area (Å²) in [7, 11) is 0. The van der Waals surface area contributed by atoms with E-state index < -0.39 is 23.7 Å². The number of halogens is 3. The van der Waals surface area contributed by atoms with E-state index in [0.717, 1.165) is 11.3 Å². The minimum Gasteiger partial charge on any atom is -0.490 e. The molecule has 0 unspecified atom stereocenters. The minimum atomic E-state index is -5.08. The molecule has 2 atom stereocenters. The zero-order valence-corrected chi connectivity index (χ0v) is 19.2. The third kappa shape index (κ3) is 8.00. The normalized spacial score (nSPS) is 16.7. The molecule has 0 spiro atoms. The zero-order chi connectivity index (χ0) is 24.9. The maximum absolute atomic E-state index is 11.7. The van der Waals surface area contributed by atoms with E-state index >= 15 is 0 Å². The van der Waals surface area contributed by atoms with Gasteiger partial charge in [-0.25, -0.2) is 4.79 Å². The van der Waals surface area contributed by atoms with Crippen molar-refractivity contribution in [2.75, 3.05) is 6.61 Å². The summed E-state index contributed by atoms with van der Waals surface area (Å²) < 4.78 is 37.9. The molecule has 1 fully saturated rings. The fourth-order valence-electron chi connectivity index (χ4n) is 3.54. The number of benzene rings is 1. The zero-order valence-electron chi connectivity index (χ0n) is 19.2. The second kappa shape index (κ2) is 11.0. The summed E-state index contributed by atoms with van der Waals surface area (Å²) in [6.45, 7) is 10.5. The second-order valence-electron chi connectivity index (χ2n) is 9.20. The number of alkyl halides is 3. The molecule has 0 radical (unpaired) electrons. The molecular formula is C23H34F3NO5. The standard InChI is InChI=1S/C21H33NO3.C2HF3O2/c1-13(2)11-21(22,20(23)24)12-25-19-17(14(3)4)7-6-8-18(19)15(5)16-9-10-16;3-2(4,5)1(6)7/h6-8,13-16H,9-12,22H2,1-5H3,(H,23,24);(H,6,7)/t15-,21+;/m1./s1. The summed E-state index contributed by atoms with van der Waals surface area (Å²) in [6.07, 6.45) is -2.18. The van der Waals surface area contributed by atoms with Crippen molar-refractivity contribution in [2.45, 2.75) is 77.4 Å². The van der Waals surface area contributed by atoms with Gasteiger partial charge in [-0.2, -0.15) is 13.2 Å². The Labute approximate surface area is 186 Å². The number of ether oxygens (including phenoxy) is 1. The molecular weight excluding hydrogens is 427 g/mol. The van der Waals surface area contributed by atoms with E-state index in [1.807, 2.05) is 13.8 Å².